The zero-order valence-corrected chi connectivity index (χ0v) is 22.3. The molecule has 0 radical (unpaired) electrons. The number of anilines is 2. The Morgan fingerprint density at radius 2 is 2.05 bits per heavy atom. The van der Waals surface area contributed by atoms with Crippen LogP contribution in [0, 0.1) is 0 Å². The van der Waals surface area contributed by atoms with Gasteiger partial charge < -0.3 is 19.8 Å². The normalized spacial score (nSPS) is 14.2. The van der Waals surface area contributed by atoms with Crippen molar-refractivity contribution >= 4 is 39.4 Å². The van der Waals surface area contributed by atoms with Crippen LogP contribution in [0.5, 0.6) is 0 Å². The predicted molar refractivity (Wildman–Crippen MR) is 141 cm³/mol. The number of methoxy groups -OCH3 is 1. The molecule has 1 saturated carbocycles. The van der Waals surface area contributed by atoms with Crippen molar-refractivity contribution in [3.8, 4) is 22.7 Å². The van der Waals surface area contributed by atoms with E-state index < -0.39 is 16.1 Å². The minimum absolute atomic E-state index is 0.0148. The van der Waals surface area contributed by atoms with Crippen LogP contribution in [0.4, 0.5) is 16.4 Å². The molecule has 0 saturated heterocycles. The number of hydrogen-bond donors (Lipinski definition) is 3. The molecule has 13 heteroatoms. The van der Waals surface area contributed by atoms with Gasteiger partial charge in [0.25, 0.3) is 0 Å². The number of carbonyl (C=O) groups is 1. The largest absolute Gasteiger partial charge is 0.453 e. The van der Waals surface area contributed by atoms with Crippen LogP contribution in [-0.2, 0) is 14.8 Å². The van der Waals surface area contributed by atoms with Crippen molar-refractivity contribution in [3.63, 3.8) is 0 Å². The number of benzene rings is 1. The molecule has 2 aromatic heterocycles. The molecule has 4 rings (SSSR count). The number of halogens is 1. The predicted octanol–water partition coefficient (Wildman–Crippen LogP) is 4.64. The van der Waals surface area contributed by atoms with Crippen molar-refractivity contribution in [2.45, 2.75) is 45.1 Å². The molecule has 1 unspecified atom stereocenters. The number of hydrogen-bond acceptors (Lipinski definition) is 9. The third-order valence-electron chi connectivity index (χ3n) is 5.57. The van der Waals surface area contributed by atoms with Crippen LogP contribution in [0.1, 0.15) is 44.9 Å². The molecule has 1 fully saturated rings. The average Bonchev–Trinajstić information content (AvgIpc) is 3.62. The number of nitrogens with zero attached hydrogens (tertiary/aromatic N) is 3. The summed E-state index contributed by atoms with van der Waals surface area (Å²) in [6, 6.07) is 6.54. The first-order chi connectivity index (χ1) is 17.7. The van der Waals surface area contributed by atoms with Gasteiger partial charge in [0.15, 0.2) is 11.7 Å². The number of sulfonamides is 1. The number of aromatic nitrogens is 3. The highest BCUT2D eigenvalue weighted by Crippen LogP contribution is 2.45. The van der Waals surface area contributed by atoms with Crippen LogP contribution in [0.2, 0.25) is 5.02 Å². The Balaban J connectivity index is 1.66. The van der Waals surface area contributed by atoms with Gasteiger partial charge in [0.05, 0.1) is 23.6 Å². The van der Waals surface area contributed by atoms with Crippen molar-refractivity contribution in [1.29, 1.82) is 0 Å². The van der Waals surface area contributed by atoms with Crippen molar-refractivity contribution in [1.82, 2.24) is 20.3 Å². The zero-order chi connectivity index (χ0) is 26.6. The molecule has 0 bridgehead atoms. The van der Waals surface area contributed by atoms with Gasteiger partial charge in [-0.3, -0.25) is 4.72 Å². The molecule has 37 heavy (non-hydrogen) atoms. The lowest BCUT2D eigenvalue weighted by Crippen LogP contribution is -2.37. The van der Waals surface area contributed by atoms with Gasteiger partial charge in [-0.15, -0.1) is 0 Å². The lowest BCUT2D eigenvalue weighted by Gasteiger charge is -2.14. The second kappa shape index (κ2) is 11.3. The molecule has 0 spiro atoms. The molecule has 11 nitrogen and oxygen atoms in total. The van der Waals surface area contributed by atoms with E-state index in [0.29, 0.717) is 47.5 Å². The third-order valence-corrected chi connectivity index (χ3v) is 7.45. The van der Waals surface area contributed by atoms with E-state index in [4.69, 9.17) is 21.0 Å². The Morgan fingerprint density at radius 3 is 2.76 bits per heavy atom. The van der Waals surface area contributed by atoms with E-state index >= 15 is 0 Å². The quantitative estimate of drug-likeness (QED) is 0.311. The highest BCUT2D eigenvalue weighted by Gasteiger charge is 2.32. The van der Waals surface area contributed by atoms with Gasteiger partial charge in [-0.1, -0.05) is 30.7 Å². The van der Waals surface area contributed by atoms with Crippen molar-refractivity contribution in [2.75, 3.05) is 29.4 Å². The number of oxazole rings is 1. The summed E-state index contributed by atoms with van der Waals surface area (Å²) in [7, 11) is -2.24. The molecule has 2 heterocycles. The summed E-state index contributed by atoms with van der Waals surface area (Å²) < 4.78 is 38.0. The molecule has 0 aliphatic heterocycles. The standard InChI is InChI=1S/C24H29ClN6O5S/c1-4-12-37(33,34)31-17-7-5-6-16(19(17)25)20-21(36-22(30-20)15-8-9-15)18-10-11-26-23(29-18)27-13-14(2)28-24(32)35-3/h5-7,10-11,14-15,31H,4,8-9,12-13H2,1-3H3,(H,28,32)(H,26,27,29). The number of carbonyl (C=O) groups excluding carboxylic acids is 1. The summed E-state index contributed by atoms with van der Waals surface area (Å²) in [6.45, 7) is 3.97. The molecule has 1 aromatic carbocycles. The van der Waals surface area contributed by atoms with E-state index in [-0.39, 0.29) is 28.4 Å². The Hall–Kier alpha value is -3.38. The van der Waals surface area contributed by atoms with Gasteiger partial charge in [-0.05, 0) is 38.3 Å². The molecule has 1 aliphatic rings. The topological polar surface area (TPSA) is 148 Å². The van der Waals surface area contributed by atoms with Gasteiger partial charge in [0.2, 0.25) is 16.0 Å². The van der Waals surface area contributed by atoms with Crippen LogP contribution in [0.3, 0.4) is 0 Å². The van der Waals surface area contributed by atoms with E-state index in [0.717, 1.165) is 12.8 Å². The Kier molecular flexibility index (Phi) is 8.18. The van der Waals surface area contributed by atoms with E-state index in [9.17, 15) is 13.2 Å². The first-order valence-electron chi connectivity index (χ1n) is 11.9. The maximum absolute atomic E-state index is 12.4. The third kappa shape index (κ3) is 6.69. The van der Waals surface area contributed by atoms with E-state index in [1.54, 1.807) is 37.4 Å². The molecule has 3 aromatic rings. The van der Waals surface area contributed by atoms with E-state index in [2.05, 4.69) is 30.1 Å². The van der Waals surface area contributed by atoms with E-state index in [1.165, 1.54) is 7.11 Å². The highest BCUT2D eigenvalue weighted by atomic mass is 35.5. The lowest BCUT2D eigenvalue weighted by molar-refractivity contribution is 0.168. The smallest absolute Gasteiger partial charge is 0.407 e. The Bertz CT molecular complexity index is 1380. The number of amides is 1. The van der Waals surface area contributed by atoms with Crippen LogP contribution in [0.25, 0.3) is 22.7 Å². The van der Waals surface area contributed by atoms with Crippen LogP contribution < -0.4 is 15.4 Å². The van der Waals surface area contributed by atoms with Crippen LogP contribution in [0.15, 0.2) is 34.9 Å². The second-order valence-corrected chi connectivity index (χ2v) is 11.0. The van der Waals surface area contributed by atoms with Gasteiger partial charge in [0.1, 0.15) is 11.4 Å². The minimum atomic E-state index is -3.54. The number of nitrogens with one attached hydrogen (secondary N) is 3. The van der Waals surface area contributed by atoms with Gasteiger partial charge in [-0.2, -0.15) is 0 Å². The molecule has 1 aliphatic carbocycles. The maximum Gasteiger partial charge on any atom is 0.407 e. The summed E-state index contributed by atoms with van der Waals surface area (Å²) in [5.41, 5.74) is 1.74. The monoisotopic (exact) mass is 548 g/mol. The molecule has 1 atom stereocenters. The summed E-state index contributed by atoms with van der Waals surface area (Å²) in [4.78, 5) is 25.0. The number of ether oxygens (including phenoxy) is 1. The Labute approximate surface area is 220 Å². The Morgan fingerprint density at radius 1 is 1.27 bits per heavy atom. The molecular weight excluding hydrogens is 520 g/mol. The summed E-state index contributed by atoms with van der Waals surface area (Å²) in [6.07, 6.45) is 3.49. The summed E-state index contributed by atoms with van der Waals surface area (Å²) in [5.74, 6) is 1.53. The number of rotatable bonds is 11. The summed E-state index contributed by atoms with van der Waals surface area (Å²) in [5, 5.41) is 5.97. The fourth-order valence-electron chi connectivity index (χ4n) is 3.60. The summed E-state index contributed by atoms with van der Waals surface area (Å²) >= 11 is 6.68. The first-order valence-corrected chi connectivity index (χ1v) is 14.0. The maximum atomic E-state index is 12.4. The fourth-order valence-corrected chi connectivity index (χ4v) is 5.07. The van der Waals surface area contributed by atoms with Gasteiger partial charge in [0, 0.05) is 30.3 Å². The van der Waals surface area contributed by atoms with Crippen molar-refractivity contribution < 1.29 is 22.4 Å². The number of alkyl carbamates (subject to hydrolysis) is 1. The van der Waals surface area contributed by atoms with E-state index in [1.807, 2.05) is 6.92 Å². The molecule has 198 valence electrons. The van der Waals surface area contributed by atoms with Gasteiger partial charge >= 0.3 is 6.09 Å². The first kappa shape index (κ1) is 26.7. The van der Waals surface area contributed by atoms with Crippen molar-refractivity contribution in [3.05, 3.63) is 41.4 Å². The van der Waals surface area contributed by atoms with Crippen LogP contribution >= 0.6 is 11.6 Å². The zero-order valence-electron chi connectivity index (χ0n) is 20.7. The SMILES string of the molecule is CCCS(=O)(=O)Nc1cccc(-c2nc(C3CC3)oc2-c2ccnc(NCC(C)NC(=O)OC)n2)c1Cl. The average molecular weight is 549 g/mol. The minimum Gasteiger partial charge on any atom is -0.453 e. The highest BCUT2D eigenvalue weighted by molar-refractivity contribution is 7.92. The second-order valence-electron chi connectivity index (χ2n) is 8.78. The van der Waals surface area contributed by atoms with Crippen molar-refractivity contribution in [2.24, 2.45) is 0 Å². The molecule has 3 N–H and O–H groups in total. The molecular formula is C24H29ClN6O5S. The van der Waals surface area contributed by atoms with Crippen LogP contribution in [-0.4, -0.2) is 54.9 Å². The molecule has 1 amide bonds. The fraction of sp³-hybridized carbons (Fsp3) is 0.417. The van der Waals surface area contributed by atoms with Gasteiger partial charge in [-0.25, -0.2) is 28.2 Å². The lowest BCUT2D eigenvalue weighted by atomic mass is 10.1.